The molecule has 3 rings (SSSR count). The predicted octanol–water partition coefficient (Wildman–Crippen LogP) is 5.92. The van der Waals surface area contributed by atoms with E-state index in [-0.39, 0.29) is 31.0 Å². The monoisotopic (exact) mass is 445 g/mol. The Labute approximate surface area is 190 Å². The van der Waals surface area contributed by atoms with Crippen molar-refractivity contribution in [2.45, 2.75) is 90.6 Å². The summed E-state index contributed by atoms with van der Waals surface area (Å²) in [4.78, 5) is 27.2. The number of unbranched alkanes of at least 4 members (excludes halogenated alkanes) is 2. The molecule has 2 aliphatic rings. The number of hydrogen-bond acceptors (Lipinski definition) is 6. The third-order valence-corrected chi connectivity index (χ3v) is 6.56. The van der Waals surface area contributed by atoms with Crippen LogP contribution < -0.4 is 9.47 Å². The van der Waals surface area contributed by atoms with E-state index >= 15 is 0 Å². The van der Waals surface area contributed by atoms with Crippen molar-refractivity contribution >= 4 is 5.97 Å². The summed E-state index contributed by atoms with van der Waals surface area (Å²) in [5, 5.41) is 9.46. The Kier molecular flexibility index (Phi) is 7.80. The van der Waals surface area contributed by atoms with Gasteiger partial charge in [0.2, 0.25) is 0 Å². The fraction of sp³-hybridized carbons (Fsp3) is 0.640. The average molecular weight is 446 g/mol. The maximum atomic E-state index is 12.6. The van der Waals surface area contributed by atoms with Crippen LogP contribution in [0, 0.1) is 16.0 Å². The second kappa shape index (κ2) is 10.4. The molecule has 0 radical (unpaired) electrons. The average Bonchev–Trinajstić information content (AvgIpc) is 2.70. The quantitative estimate of drug-likeness (QED) is 0.111. The zero-order chi connectivity index (χ0) is 23.3. The molecular weight excluding hydrogens is 410 g/mol. The minimum Gasteiger partial charge on any atom is -0.487 e. The zero-order valence-electron chi connectivity index (χ0n) is 19.6. The number of nitrogens with zero attached hydrogens (tertiary/aromatic N) is 1. The highest BCUT2D eigenvalue weighted by Gasteiger charge is 2.46. The van der Waals surface area contributed by atoms with E-state index in [0.717, 1.165) is 55.4 Å². The zero-order valence-corrected chi connectivity index (χ0v) is 19.6. The van der Waals surface area contributed by atoms with Gasteiger partial charge in [-0.2, -0.15) is 0 Å². The molecule has 1 aromatic rings. The molecule has 7 heteroatoms. The Balaban J connectivity index is 1.89. The lowest BCUT2D eigenvalue weighted by Crippen LogP contribution is -2.45. The van der Waals surface area contributed by atoms with Gasteiger partial charge in [0.15, 0.2) is 0 Å². The van der Waals surface area contributed by atoms with Crippen molar-refractivity contribution in [2.75, 3.05) is 6.61 Å². The first-order chi connectivity index (χ1) is 15.2. The topological polar surface area (TPSA) is 87.9 Å². The van der Waals surface area contributed by atoms with Crippen molar-refractivity contribution < 1.29 is 24.2 Å². The number of esters is 1. The van der Waals surface area contributed by atoms with Crippen LogP contribution >= 0.6 is 0 Å². The fourth-order valence-corrected chi connectivity index (χ4v) is 4.94. The molecule has 0 bridgehead atoms. The normalized spacial score (nSPS) is 20.9. The molecule has 0 amide bonds. The van der Waals surface area contributed by atoms with Crippen LogP contribution in [0.15, 0.2) is 23.8 Å². The van der Waals surface area contributed by atoms with Crippen LogP contribution in [0.25, 0.3) is 0 Å². The smallest absolute Gasteiger partial charge is 0.311 e. The van der Waals surface area contributed by atoms with Gasteiger partial charge in [-0.1, -0.05) is 31.4 Å². The van der Waals surface area contributed by atoms with Crippen LogP contribution in [0.2, 0.25) is 0 Å². The van der Waals surface area contributed by atoms with E-state index in [0.29, 0.717) is 11.7 Å². The highest BCUT2D eigenvalue weighted by Crippen LogP contribution is 2.54. The summed E-state index contributed by atoms with van der Waals surface area (Å²) < 4.78 is 12.4. The highest BCUT2D eigenvalue weighted by atomic mass is 16.9. The van der Waals surface area contributed by atoms with E-state index in [2.05, 4.69) is 44.7 Å². The van der Waals surface area contributed by atoms with Gasteiger partial charge in [-0.25, -0.2) is 0 Å². The number of aryl methyl sites for hydroxylation is 1. The molecule has 0 fully saturated rings. The molecule has 0 saturated heterocycles. The number of allylic oxidation sites excluding steroid dienone is 2. The Morgan fingerprint density at radius 3 is 2.78 bits per heavy atom. The molecule has 0 saturated carbocycles. The highest BCUT2D eigenvalue weighted by molar-refractivity contribution is 5.73. The Hall–Kier alpha value is -2.57. The summed E-state index contributed by atoms with van der Waals surface area (Å²) in [7, 11) is 0. The van der Waals surface area contributed by atoms with Gasteiger partial charge in [-0.3, -0.25) is 4.79 Å². The van der Waals surface area contributed by atoms with Crippen LogP contribution in [0.4, 0.5) is 0 Å². The number of carbonyl (C=O) groups is 1. The molecule has 0 spiro atoms. The molecule has 7 nitrogen and oxygen atoms in total. The largest absolute Gasteiger partial charge is 0.487 e. The number of benzene rings is 1. The van der Waals surface area contributed by atoms with Crippen molar-refractivity contribution in [3.05, 3.63) is 45.0 Å². The molecule has 32 heavy (non-hydrogen) atoms. The maximum Gasteiger partial charge on any atom is 0.311 e. The second-order valence-electron chi connectivity index (χ2n) is 9.51. The minimum atomic E-state index is -0.848. The van der Waals surface area contributed by atoms with E-state index in [4.69, 9.17) is 9.47 Å². The number of fused-ring (bicyclic) bond motifs is 3. The van der Waals surface area contributed by atoms with Crippen LogP contribution in [0.5, 0.6) is 11.5 Å². The predicted molar refractivity (Wildman–Crippen MR) is 121 cm³/mol. The summed E-state index contributed by atoms with van der Waals surface area (Å²) in [6.45, 7) is 8.49. The Bertz CT molecular complexity index is 875. The molecule has 1 heterocycles. The van der Waals surface area contributed by atoms with Gasteiger partial charge in [-0.15, -0.1) is 10.1 Å². The minimum absolute atomic E-state index is 0.0576. The molecule has 1 aliphatic carbocycles. The van der Waals surface area contributed by atoms with Gasteiger partial charge in [0.25, 0.3) is 5.09 Å². The first kappa shape index (κ1) is 24.1. The van der Waals surface area contributed by atoms with Gasteiger partial charge in [0, 0.05) is 23.8 Å². The summed E-state index contributed by atoms with van der Waals surface area (Å²) in [6.07, 6.45) is 8.68. The van der Waals surface area contributed by atoms with Gasteiger partial charge < -0.3 is 14.3 Å². The van der Waals surface area contributed by atoms with Crippen LogP contribution in [-0.2, 0) is 16.1 Å². The molecular formula is C25H35NO6. The van der Waals surface area contributed by atoms with E-state index in [1.54, 1.807) is 0 Å². The molecule has 1 aromatic carbocycles. The number of ether oxygens (including phenoxy) is 2. The van der Waals surface area contributed by atoms with E-state index < -0.39 is 11.1 Å². The molecule has 2 unspecified atom stereocenters. The van der Waals surface area contributed by atoms with Crippen LogP contribution in [-0.4, -0.2) is 23.3 Å². The van der Waals surface area contributed by atoms with Crippen molar-refractivity contribution in [3.8, 4) is 11.5 Å². The first-order valence-electron chi connectivity index (χ1n) is 11.7. The van der Waals surface area contributed by atoms with Gasteiger partial charge in [0.05, 0.1) is 6.61 Å². The summed E-state index contributed by atoms with van der Waals surface area (Å²) >= 11 is 0. The molecule has 2 atom stereocenters. The Morgan fingerprint density at radius 1 is 1.28 bits per heavy atom. The molecule has 1 aliphatic heterocycles. The summed E-state index contributed by atoms with van der Waals surface area (Å²) in [6, 6.07) is 4.12. The van der Waals surface area contributed by atoms with Crippen molar-refractivity contribution in [1.82, 2.24) is 0 Å². The second-order valence-corrected chi connectivity index (χ2v) is 9.51. The molecule has 0 aromatic heterocycles. The number of carbonyl (C=O) groups excluding carboxylic acids is 1. The first-order valence-corrected chi connectivity index (χ1v) is 11.7. The Morgan fingerprint density at radius 2 is 2.06 bits per heavy atom. The van der Waals surface area contributed by atoms with Crippen LogP contribution in [0.1, 0.15) is 89.7 Å². The van der Waals surface area contributed by atoms with Crippen molar-refractivity contribution in [1.29, 1.82) is 0 Å². The molecule has 0 N–H and O–H groups in total. The van der Waals surface area contributed by atoms with Crippen molar-refractivity contribution in [2.24, 2.45) is 5.92 Å². The third-order valence-electron chi connectivity index (χ3n) is 6.56. The lowest BCUT2D eigenvalue weighted by Gasteiger charge is -2.47. The number of hydrogen-bond donors (Lipinski definition) is 0. The maximum absolute atomic E-state index is 12.6. The number of rotatable bonds is 10. The summed E-state index contributed by atoms with van der Waals surface area (Å²) in [5.41, 5.74) is 3.12. The third kappa shape index (κ3) is 5.81. The lowest BCUT2D eigenvalue weighted by atomic mass is 9.67. The van der Waals surface area contributed by atoms with E-state index in [1.165, 1.54) is 5.57 Å². The van der Waals surface area contributed by atoms with Crippen molar-refractivity contribution in [3.63, 3.8) is 0 Å². The summed E-state index contributed by atoms with van der Waals surface area (Å²) in [5.74, 6) is 1.52. The standard InChI is InChI=1S/C25H35NO6/c1-5-6-7-9-18-15-21(31-23(27)10-8-13-30-26(28)29)24-19-14-17(2)11-12-20(19)25(3,4)32-22(24)16-18/h11,15-16,19-20H,5-10,12-14H2,1-4H3. The van der Waals surface area contributed by atoms with E-state index in [9.17, 15) is 14.9 Å². The molecule has 176 valence electrons. The van der Waals surface area contributed by atoms with Gasteiger partial charge >= 0.3 is 5.97 Å². The lowest BCUT2D eigenvalue weighted by molar-refractivity contribution is -0.757. The van der Waals surface area contributed by atoms with Crippen LogP contribution in [0.3, 0.4) is 0 Å². The van der Waals surface area contributed by atoms with Gasteiger partial charge in [0.1, 0.15) is 17.1 Å². The van der Waals surface area contributed by atoms with Gasteiger partial charge in [-0.05, 0) is 70.6 Å². The fourth-order valence-electron chi connectivity index (χ4n) is 4.94. The van der Waals surface area contributed by atoms with E-state index in [1.807, 2.05) is 6.07 Å². The SMILES string of the molecule is CCCCCc1cc(OC(=O)CCCO[N+](=O)[O-])c2c(c1)OC(C)(C)C1CC=C(C)CC21.